The van der Waals surface area contributed by atoms with Crippen molar-refractivity contribution >= 4 is 34.4 Å². The van der Waals surface area contributed by atoms with E-state index < -0.39 is 12.0 Å². The molecular formula is C10H11N5O3S. The Bertz CT molecular complexity index is 633. The molecule has 0 fully saturated rings. The molecule has 0 aliphatic carbocycles. The number of H-pyrrole nitrogens is 1. The largest absolute Gasteiger partial charge is 0.477 e. The number of aromatic nitrogens is 3. The molecule has 2 aromatic rings. The highest BCUT2D eigenvalue weighted by Gasteiger charge is 2.15. The number of hydrogen-bond acceptors (Lipinski definition) is 5. The third kappa shape index (κ3) is 3.07. The molecule has 100 valence electrons. The fraction of sp³-hybridized carbons (Fsp3) is 0.200. The molecule has 0 aliphatic rings. The summed E-state index contributed by atoms with van der Waals surface area (Å²) in [7, 11) is 0. The Kier molecular flexibility index (Phi) is 3.47. The van der Waals surface area contributed by atoms with E-state index in [9.17, 15) is 9.59 Å². The number of nitrogens with one attached hydrogen (secondary N) is 3. The number of aromatic carboxylic acids is 1. The average molecular weight is 281 g/mol. The summed E-state index contributed by atoms with van der Waals surface area (Å²) in [5, 5.41) is 14.2. The minimum atomic E-state index is -1.14. The first-order valence-electron chi connectivity index (χ1n) is 5.27. The number of nitrogens with zero attached hydrogens (tertiary/aromatic N) is 2. The van der Waals surface area contributed by atoms with E-state index in [1.54, 1.807) is 13.8 Å². The molecule has 0 unspecified atom stereocenters. The van der Waals surface area contributed by atoms with E-state index in [4.69, 9.17) is 5.11 Å². The van der Waals surface area contributed by atoms with Crippen molar-refractivity contribution in [3.05, 3.63) is 23.3 Å². The summed E-state index contributed by atoms with van der Waals surface area (Å²) >= 11 is 1.05. The first kappa shape index (κ1) is 13.0. The third-order valence-corrected chi connectivity index (χ3v) is 2.88. The number of amides is 2. The van der Waals surface area contributed by atoms with Crippen LogP contribution in [0.1, 0.15) is 22.0 Å². The van der Waals surface area contributed by atoms with Crippen molar-refractivity contribution in [1.29, 1.82) is 0 Å². The van der Waals surface area contributed by atoms with Gasteiger partial charge in [-0.25, -0.2) is 14.6 Å². The number of carbonyl (C=O) groups excluding carboxylic acids is 1. The molecule has 0 radical (unpaired) electrons. The lowest BCUT2D eigenvalue weighted by atomic mass is 10.3. The number of anilines is 2. The minimum Gasteiger partial charge on any atom is -0.477 e. The Morgan fingerprint density at radius 2 is 2.11 bits per heavy atom. The van der Waals surface area contributed by atoms with Crippen LogP contribution in [-0.2, 0) is 0 Å². The van der Waals surface area contributed by atoms with E-state index in [0.717, 1.165) is 11.5 Å². The highest BCUT2D eigenvalue weighted by Crippen LogP contribution is 2.17. The van der Waals surface area contributed by atoms with Crippen LogP contribution in [0.4, 0.5) is 15.6 Å². The zero-order valence-electron chi connectivity index (χ0n) is 10.1. The summed E-state index contributed by atoms with van der Waals surface area (Å²) in [4.78, 5) is 29.3. The summed E-state index contributed by atoms with van der Waals surface area (Å²) in [5.74, 6) is -0.584. The smallest absolute Gasteiger partial charge is 0.354 e. The van der Waals surface area contributed by atoms with Crippen molar-refractivity contribution in [3.63, 3.8) is 0 Å². The van der Waals surface area contributed by atoms with E-state index in [2.05, 4.69) is 25.0 Å². The van der Waals surface area contributed by atoms with Crippen LogP contribution in [0.3, 0.4) is 0 Å². The molecule has 2 rings (SSSR count). The van der Waals surface area contributed by atoms with E-state index in [0.29, 0.717) is 16.6 Å². The molecule has 0 aliphatic heterocycles. The minimum absolute atomic E-state index is 0.0684. The Hall–Kier alpha value is -2.42. The highest BCUT2D eigenvalue weighted by atomic mass is 32.1. The quantitative estimate of drug-likeness (QED) is 0.684. The van der Waals surface area contributed by atoms with Crippen molar-refractivity contribution < 1.29 is 14.7 Å². The molecule has 0 aromatic carbocycles. The van der Waals surface area contributed by atoms with Crippen LogP contribution in [0.25, 0.3) is 0 Å². The second-order valence-electron chi connectivity index (χ2n) is 3.77. The molecule has 0 atom stereocenters. The fourth-order valence-electron chi connectivity index (χ4n) is 1.46. The number of hydrogen-bond donors (Lipinski definition) is 4. The van der Waals surface area contributed by atoms with Gasteiger partial charge < -0.3 is 15.4 Å². The summed E-state index contributed by atoms with van der Waals surface area (Å²) in [6.07, 6.45) is 0. The standard InChI is InChI=1S/C10H11N5O3S/c1-4-3-6(7(11-4)8(16)17)13-9(18)14-10-12-5(2)15-19-10/h3,11H,1-2H3,(H,16,17)(H2,12,13,14,15,18). The van der Waals surface area contributed by atoms with Gasteiger partial charge in [-0.15, -0.1) is 0 Å². The molecule has 0 saturated heterocycles. The van der Waals surface area contributed by atoms with Crippen molar-refractivity contribution in [2.75, 3.05) is 10.6 Å². The van der Waals surface area contributed by atoms with Gasteiger partial charge >= 0.3 is 12.0 Å². The molecule has 2 heterocycles. The molecule has 0 bridgehead atoms. The van der Waals surface area contributed by atoms with Crippen LogP contribution in [0.15, 0.2) is 6.07 Å². The molecule has 19 heavy (non-hydrogen) atoms. The maximum absolute atomic E-state index is 11.7. The van der Waals surface area contributed by atoms with Crippen LogP contribution >= 0.6 is 11.5 Å². The van der Waals surface area contributed by atoms with Gasteiger partial charge in [-0.1, -0.05) is 0 Å². The number of aromatic amines is 1. The van der Waals surface area contributed by atoms with Gasteiger partial charge in [0.05, 0.1) is 5.69 Å². The average Bonchev–Trinajstić information content (AvgIpc) is 2.85. The van der Waals surface area contributed by atoms with Gasteiger partial charge in [0.1, 0.15) is 11.5 Å². The lowest BCUT2D eigenvalue weighted by Crippen LogP contribution is -2.20. The molecule has 4 N–H and O–H groups in total. The first-order valence-corrected chi connectivity index (χ1v) is 6.04. The van der Waals surface area contributed by atoms with Crippen molar-refractivity contribution in [1.82, 2.24) is 14.3 Å². The number of carboxylic acids is 1. The zero-order chi connectivity index (χ0) is 14.0. The molecule has 9 heteroatoms. The number of urea groups is 1. The summed E-state index contributed by atoms with van der Waals surface area (Å²) < 4.78 is 3.91. The number of carbonyl (C=O) groups is 2. The number of carboxylic acid groups (broad SMARTS) is 1. The fourth-order valence-corrected chi connectivity index (χ4v) is 2.03. The normalized spacial score (nSPS) is 10.2. The molecule has 0 saturated carbocycles. The SMILES string of the molecule is Cc1nsc(NC(=O)Nc2cc(C)[nH]c2C(=O)O)n1. The highest BCUT2D eigenvalue weighted by molar-refractivity contribution is 7.09. The van der Waals surface area contributed by atoms with Crippen molar-refractivity contribution in [3.8, 4) is 0 Å². The predicted octanol–water partition coefficient (Wildman–Crippen LogP) is 1.83. The molecule has 8 nitrogen and oxygen atoms in total. The van der Waals surface area contributed by atoms with Crippen molar-refractivity contribution in [2.45, 2.75) is 13.8 Å². The van der Waals surface area contributed by atoms with Gasteiger partial charge in [0, 0.05) is 17.2 Å². The number of aryl methyl sites for hydroxylation is 2. The summed E-state index contributed by atoms with van der Waals surface area (Å²) in [5.41, 5.74) is 0.768. The second kappa shape index (κ2) is 5.06. The Morgan fingerprint density at radius 1 is 1.37 bits per heavy atom. The van der Waals surface area contributed by atoms with Gasteiger partial charge in [-0.2, -0.15) is 4.37 Å². The maximum Gasteiger partial charge on any atom is 0.354 e. The lowest BCUT2D eigenvalue weighted by molar-refractivity contribution is 0.0692. The second-order valence-corrected chi connectivity index (χ2v) is 4.52. The van der Waals surface area contributed by atoms with E-state index >= 15 is 0 Å². The monoisotopic (exact) mass is 281 g/mol. The Balaban J connectivity index is 2.08. The van der Waals surface area contributed by atoms with E-state index in [-0.39, 0.29) is 11.4 Å². The number of rotatable bonds is 3. The molecule has 2 aromatic heterocycles. The first-order chi connectivity index (χ1) is 8.95. The van der Waals surface area contributed by atoms with Gasteiger partial charge in [0.15, 0.2) is 0 Å². The van der Waals surface area contributed by atoms with Gasteiger partial charge in [0.2, 0.25) is 5.13 Å². The molecule has 2 amide bonds. The van der Waals surface area contributed by atoms with E-state index in [1.165, 1.54) is 6.07 Å². The van der Waals surface area contributed by atoms with Gasteiger partial charge in [-0.3, -0.25) is 5.32 Å². The lowest BCUT2D eigenvalue weighted by Gasteiger charge is -2.03. The summed E-state index contributed by atoms with van der Waals surface area (Å²) in [6.45, 7) is 3.40. The van der Waals surface area contributed by atoms with E-state index in [1.807, 2.05) is 0 Å². The Morgan fingerprint density at radius 3 is 2.68 bits per heavy atom. The van der Waals surface area contributed by atoms with Crippen LogP contribution in [0.5, 0.6) is 0 Å². The molecule has 0 spiro atoms. The maximum atomic E-state index is 11.7. The third-order valence-electron chi connectivity index (χ3n) is 2.16. The van der Waals surface area contributed by atoms with Gasteiger partial charge in [-0.05, 0) is 19.9 Å². The molecular weight excluding hydrogens is 270 g/mol. The van der Waals surface area contributed by atoms with Crippen LogP contribution in [0.2, 0.25) is 0 Å². The van der Waals surface area contributed by atoms with Crippen LogP contribution < -0.4 is 10.6 Å². The van der Waals surface area contributed by atoms with Crippen LogP contribution in [-0.4, -0.2) is 31.4 Å². The van der Waals surface area contributed by atoms with Gasteiger partial charge in [0.25, 0.3) is 0 Å². The van der Waals surface area contributed by atoms with Crippen molar-refractivity contribution in [2.24, 2.45) is 0 Å². The summed E-state index contributed by atoms with van der Waals surface area (Å²) in [6, 6.07) is 0.964. The predicted molar refractivity (Wildman–Crippen MR) is 69.8 cm³/mol. The Labute approximate surface area is 112 Å². The van der Waals surface area contributed by atoms with Crippen LogP contribution in [0, 0.1) is 13.8 Å². The zero-order valence-corrected chi connectivity index (χ0v) is 11.0. The topological polar surface area (TPSA) is 120 Å².